The minimum absolute atomic E-state index is 0.373. The number of aromatic nitrogens is 1. The molecule has 2 heterocycles. The number of esters is 1. The standard InChI is InChI=1S/C15H16F3NO9/c16-15(17,18)6-1-2-8(19-4-6)28-14-13(25)12(24)11(23)7(27-14)5-26-10(22)3-9(20)21/h1-2,4,7,11-14,23-25H,3,5H2,(H,20,21). The molecule has 0 aromatic carbocycles. The minimum Gasteiger partial charge on any atom is -0.481 e. The van der Waals surface area contributed by atoms with E-state index >= 15 is 0 Å². The molecule has 0 amide bonds. The number of aliphatic carboxylic acids is 1. The molecule has 1 fully saturated rings. The largest absolute Gasteiger partial charge is 0.481 e. The first-order valence-electron chi connectivity index (χ1n) is 7.76. The van der Waals surface area contributed by atoms with Gasteiger partial charge in [0.1, 0.15) is 37.4 Å². The van der Waals surface area contributed by atoms with E-state index < -0.39 is 67.4 Å². The van der Waals surface area contributed by atoms with Crippen LogP contribution in [0.3, 0.4) is 0 Å². The molecule has 5 atom stereocenters. The van der Waals surface area contributed by atoms with Gasteiger partial charge in [-0.15, -0.1) is 0 Å². The number of carboxylic acid groups (broad SMARTS) is 1. The third kappa shape index (κ3) is 5.51. The van der Waals surface area contributed by atoms with E-state index in [1.165, 1.54) is 0 Å². The molecule has 28 heavy (non-hydrogen) atoms. The van der Waals surface area contributed by atoms with Crippen LogP contribution in [-0.2, 0) is 25.2 Å². The molecule has 4 N–H and O–H groups in total. The van der Waals surface area contributed by atoms with Crippen molar-refractivity contribution in [3.8, 4) is 5.88 Å². The predicted octanol–water partition coefficient (Wildman–Crippen LogP) is -0.695. The Labute approximate surface area is 155 Å². The predicted molar refractivity (Wildman–Crippen MR) is 79.8 cm³/mol. The van der Waals surface area contributed by atoms with Gasteiger partial charge in [-0.25, -0.2) is 4.98 Å². The lowest BCUT2D eigenvalue weighted by Crippen LogP contribution is -2.60. The first-order valence-corrected chi connectivity index (χ1v) is 7.76. The molecule has 0 spiro atoms. The number of hydrogen-bond acceptors (Lipinski definition) is 9. The zero-order valence-electron chi connectivity index (χ0n) is 13.9. The molecule has 1 aliphatic rings. The molecule has 0 aliphatic carbocycles. The van der Waals surface area contributed by atoms with Crippen LogP contribution in [0.15, 0.2) is 18.3 Å². The molecule has 1 aliphatic heterocycles. The third-order valence-electron chi connectivity index (χ3n) is 3.67. The first-order chi connectivity index (χ1) is 13.0. The van der Waals surface area contributed by atoms with Gasteiger partial charge in [0.15, 0.2) is 0 Å². The smallest absolute Gasteiger partial charge is 0.417 e. The summed E-state index contributed by atoms with van der Waals surface area (Å²) in [6, 6.07) is 1.53. The van der Waals surface area contributed by atoms with Crippen molar-refractivity contribution in [3.63, 3.8) is 0 Å². The van der Waals surface area contributed by atoms with E-state index in [0.29, 0.717) is 12.3 Å². The molecule has 1 saturated heterocycles. The topological polar surface area (TPSA) is 156 Å². The summed E-state index contributed by atoms with van der Waals surface area (Å²) in [5, 5.41) is 38.1. The zero-order chi connectivity index (χ0) is 21.1. The first kappa shape index (κ1) is 21.8. The lowest BCUT2D eigenvalue weighted by atomic mass is 9.99. The van der Waals surface area contributed by atoms with Gasteiger partial charge in [0.05, 0.1) is 5.56 Å². The highest BCUT2D eigenvalue weighted by molar-refractivity contribution is 5.90. The molecule has 156 valence electrons. The van der Waals surface area contributed by atoms with Gasteiger partial charge in [0.25, 0.3) is 0 Å². The highest BCUT2D eigenvalue weighted by Gasteiger charge is 2.45. The fourth-order valence-electron chi connectivity index (χ4n) is 2.24. The monoisotopic (exact) mass is 411 g/mol. The number of carbonyl (C=O) groups is 2. The fraction of sp³-hybridized carbons (Fsp3) is 0.533. The van der Waals surface area contributed by atoms with Crippen LogP contribution in [0.4, 0.5) is 13.2 Å². The SMILES string of the molecule is O=C(O)CC(=O)OCC1OC(Oc2ccc(C(F)(F)F)cn2)C(O)C(O)C1O. The maximum atomic E-state index is 12.5. The molecular weight excluding hydrogens is 395 g/mol. The average molecular weight is 411 g/mol. The molecule has 0 saturated carbocycles. The number of rotatable bonds is 6. The number of ether oxygens (including phenoxy) is 3. The number of pyridine rings is 1. The Kier molecular flexibility index (Phi) is 6.77. The van der Waals surface area contributed by atoms with Gasteiger partial charge in [-0.3, -0.25) is 9.59 Å². The number of carbonyl (C=O) groups excluding carboxylic acids is 1. The third-order valence-corrected chi connectivity index (χ3v) is 3.67. The van der Waals surface area contributed by atoms with Gasteiger partial charge in [0, 0.05) is 12.3 Å². The van der Waals surface area contributed by atoms with Crippen molar-refractivity contribution in [3.05, 3.63) is 23.9 Å². The van der Waals surface area contributed by atoms with Crippen LogP contribution in [-0.4, -0.2) is 74.7 Å². The van der Waals surface area contributed by atoms with Crippen LogP contribution in [0.5, 0.6) is 5.88 Å². The van der Waals surface area contributed by atoms with Crippen LogP contribution < -0.4 is 4.74 Å². The van der Waals surface area contributed by atoms with Crippen LogP contribution in [0, 0.1) is 0 Å². The molecule has 10 nitrogen and oxygen atoms in total. The van der Waals surface area contributed by atoms with Gasteiger partial charge in [-0.05, 0) is 6.07 Å². The van der Waals surface area contributed by atoms with Crippen LogP contribution in [0.2, 0.25) is 0 Å². The van der Waals surface area contributed by atoms with E-state index in [2.05, 4.69) is 9.72 Å². The summed E-state index contributed by atoms with van der Waals surface area (Å²) in [5.41, 5.74) is -1.04. The number of hydrogen-bond donors (Lipinski definition) is 4. The summed E-state index contributed by atoms with van der Waals surface area (Å²) in [6.07, 6.45) is -13.5. The summed E-state index contributed by atoms with van der Waals surface area (Å²) >= 11 is 0. The fourth-order valence-corrected chi connectivity index (χ4v) is 2.24. The molecule has 1 aromatic rings. The van der Waals surface area contributed by atoms with E-state index in [1.54, 1.807) is 0 Å². The molecular formula is C15H16F3NO9. The second-order valence-electron chi connectivity index (χ2n) is 5.77. The Morgan fingerprint density at radius 2 is 1.82 bits per heavy atom. The Bertz CT molecular complexity index is 697. The summed E-state index contributed by atoms with van der Waals surface area (Å²) < 4.78 is 52.5. The van der Waals surface area contributed by atoms with E-state index in [4.69, 9.17) is 14.6 Å². The Morgan fingerprint density at radius 1 is 1.14 bits per heavy atom. The summed E-state index contributed by atoms with van der Waals surface area (Å²) in [6.45, 7) is -0.669. The molecule has 5 unspecified atom stereocenters. The van der Waals surface area contributed by atoms with Crippen molar-refractivity contribution in [2.75, 3.05) is 6.61 Å². The van der Waals surface area contributed by atoms with Gasteiger partial charge in [-0.1, -0.05) is 0 Å². The highest BCUT2D eigenvalue weighted by Crippen LogP contribution is 2.30. The van der Waals surface area contributed by atoms with Crippen molar-refractivity contribution in [1.82, 2.24) is 4.98 Å². The normalized spacial score (nSPS) is 27.9. The minimum atomic E-state index is -4.61. The van der Waals surface area contributed by atoms with Crippen molar-refractivity contribution >= 4 is 11.9 Å². The number of halogens is 3. The second-order valence-corrected chi connectivity index (χ2v) is 5.77. The van der Waals surface area contributed by atoms with Gasteiger partial charge in [0.2, 0.25) is 12.2 Å². The van der Waals surface area contributed by atoms with E-state index in [9.17, 15) is 38.1 Å². The summed E-state index contributed by atoms with van der Waals surface area (Å²) in [7, 11) is 0. The summed E-state index contributed by atoms with van der Waals surface area (Å²) in [5.74, 6) is -2.95. The van der Waals surface area contributed by atoms with Gasteiger partial charge < -0.3 is 34.6 Å². The lowest BCUT2D eigenvalue weighted by molar-refractivity contribution is -0.279. The number of aliphatic hydroxyl groups is 3. The number of alkyl halides is 3. The molecule has 13 heteroatoms. The van der Waals surface area contributed by atoms with Crippen molar-refractivity contribution in [2.24, 2.45) is 0 Å². The Hall–Kier alpha value is -2.48. The number of nitrogens with zero attached hydrogens (tertiary/aromatic N) is 1. The Balaban J connectivity index is 2.03. The van der Waals surface area contributed by atoms with E-state index in [1.807, 2.05) is 0 Å². The Morgan fingerprint density at radius 3 is 2.36 bits per heavy atom. The van der Waals surface area contributed by atoms with Gasteiger partial charge >= 0.3 is 18.1 Å². The molecule has 1 aromatic heterocycles. The van der Waals surface area contributed by atoms with Crippen LogP contribution in [0.25, 0.3) is 0 Å². The zero-order valence-corrected chi connectivity index (χ0v) is 13.9. The molecule has 0 bridgehead atoms. The van der Waals surface area contributed by atoms with E-state index in [0.717, 1.165) is 6.07 Å². The second kappa shape index (κ2) is 8.68. The van der Waals surface area contributed by atoms with Crippen molar-refractivity contribution in [1.29, 1.82) is 0 Å². The highest BCUT2D eigenvalue weighted by atomic mass is 19.4. The van der Waals surface area contributed by atoms with Crippen molar-refractivity contribution in [2.45, 2.75) is 43.3 Å². The quantitative estimate of drug-likeness (QED) is 0.349. The molecule has 2 rings (SSSR count). The van der Waals surface area contributed by atoms with Gasteiger partial charge in [-0.2, -0.15) is 13.2 Å². The van der Waals surface area contributed by atoms with Crippen molar-refractivity contribution < 1.29 is 57.4 Å². The molecule has 0 radical (unpaired) electrons. The van der Waals surface area contributed by atoms with E-state index in [-0.39, 0.29) is 5.88 Å². The maximum absolute atomic E-state index is 12.5. The average Bonchev–Trinajstić information content (AvgIpc) is 2.60. The lowest BCUT2D eigenvalue weighted by Gasteiger charge is -2.39. The summed E-state index contributed by atoms with van der Waals surface area (Å²) in [4.78, 5) is 25.1. The number of carboxylic acids is 1. The number of aliphatic hydroxyl groups excluding tert-OH is 3. The van der Waals surface area contributed by atoms with Crippen LogP contribution >= 0.6 is 0 Å². The van der Waals surface area contributed by atoms with Crippen LogP contribution in [0.1, 0.15) is 12.0 Å². The maximum Gasteiger partial charge on any atom is 0.417 e.